The molecule has 1 aliphatic rings. The molecule has 0 aromatic carbocycles. The van der Waals surface area contributed by atoms with Crippen LogP contribution in [0.5, 0.6) is 5.75 Å². The zero-order valence-corrected chi connectivity index (χ0v) is 7.44. The van der Waals surface area contributed by atoms with Gasteiger partial charge in [0.25, 0.3) is 0 Å². The number of hydrogen-bond donors (Lipinski definition) is 0. The van der Waals surface area contributed by atoms with Gasteiger partial charge in [0.2, 0.25) is 0 Å². The van der Waals surface area contributed by atoms with Gasteiger partial charge < -0.3 is 9.47 Å². The maximum atomic E-state index is 11.2. The Morgan fingerprint density at radius 2 is 2.29 bits per heavy atom. The molecule has 5 nitrogen and oxygen atoms in total. The lowest BCUT2D eigenvalue weighted by Crippen LogP contribution is -2.06. The van der Waals surface area contributed by atoms with E-state index in [1.165, 1.54) is 19.3 Å². The molecule has 2 rings (SSSR count). The van der Waals surface area contributed by atoms with Crippen LogP contribution in [0.2, 0.25) is 0 Å². The third-order valence-electron chi connectivity index (χ3n) is 1.99. The Bertz CT molecular complexity index is 444. The standard InChI is InChI=1S/C9H7NO4/c1-3-5-7(13-2)4-6-8(11)14-9(12)10(5)6/h3-4H,1H2,2H3. The van der Waals surface area contributed by atoms with Crippen LogP contribution in [0.3, 0.4) is 0 Å². The smallest absolute Gasteiger partial charge is 0.427 e. The summed E-state index contributed by atoms with van der Waals surface area (Å²) in [5, 5.41) is 0. The van der Waals surface area contributed by atoms with Crippen LogP contribution in [0.25, 0.3) is 6.08 Å². The highest BCUT2D eigenvalue weighted by Gasteiger charge is 2.33. The average molecular weight is 193 g/mol. The van der Waals surface area contributed by atoms with Gasteiger partial charge in [-0.2, -0.15) is 0 Å². The minimum absolute atomic E-state index is 0.168. The predicted octanol–water partition coefficient (Wildman–Crippen LogP) is 1.28. The second kappa shape index (κ2) is 2.73. The number of carbonyl (C=O) groups excluding carboxylic acids is 2. The van der Waals surface area contributed by atoms with E-state index in [0.29, 0.717) is 11.4 Å². The van der Waals surface area contributed by atoms with Crippen molar-refractivity contribution in [1.82, 2.24) is 4.57 Å². The summed E-state index contributed by atoms with van der Waals surface area (Å²) < 4.78 is 10.5. The highest BCUT2D eigenvalue weighted by atomic mass is 16.6. The predicted molar refractivity (Wildman–Crippen MR) is 47.3 cm³/mol. The van der Waals surface area contributed by atoms with Crippen molar-refractivity contribution in [2.45, 2.75) is 0 Å². The number of esters is 1. The normalized spacial score (nSPS) is 13.8. The van der Waals surface area contributed by atoms with Crippen molar-refractivity contribution in [2.75, 3.05) is 7.11 Å². The first-order chi connectivity index (χ1) is 6.69. The summed E-state index contributed by atoms with van der Waals surface area (Å²) in [6.07, 6.45) is 0.713. The molecule has 0 bridgehead atoms. The number of cyclic esters (lactones) is 2. The second-order valence-corrected chi connectivity index (χ2v) is 2.68. The molecule has 0 unspecified atom stereocenters. The van der Waals surface area contributed by atoms with E-state index >= 15 is 0 Å². The SMILES string of the molecule is C=Cc1c(OC)cc2n1C(=O)OC2=O. The zero-order chi connectivity index (χ0) is 10.3. The molecule has 0 saturated carbocycles. The van der Waals surface area contributed by atoms with Crippen LogP contribution in [0.1, 0.15) is 16.2 Å². The Balaban J connectivity index is 2.71. The first-order valence-corrected chi connectivity index (χ1v) is 3.87. The van der Waals surface area contributed by atoms with Crippen molar-refractivity contribution in [3.8, 4) is 5.75 Å². The molecule has 0 amide bonds. The van der Waals surface area contributed by atoms with Gasteiger partial charge in [-0.25, -0.2) is 14.2 Å². The molecule has 0 atom stereocenters. The van der Waals surface area contributed by atoms with Crippen molar-refractivity contribution < 1.29 is 19.1 Å². The molecule has 0 spiro atoms. The number of methoxy groups -OCH3 is 1. The summed E-state index contributed by atoms with van der Waals surface area (Å²) in [5.74, 6) is -0.235. The van der Waals surface area contributed by atoms with Gasteiger partial charge in [-0.05, 0) is 6.08 Å². The Morgan fingerprint density at radius 3 is 2.86 bits per heavy atom. The van der Waals surface area contributed by atoms with Gasteiger partial charge in [-0.1, -0.05) is 6.58 Å². The summed E-state index contributed by atoms with van der Waals surface area (Å²) in [5.41, 5.74) is 0.597. The third kappa shape index (κ3) is 0.891. The number of rotatable bonds is 2. The van der Waals surface area contributed by atoms with E-state index in [1.807, 2.05) is 0 Å². The zero-order valence-electron chi connectivity index (χ0n) is 7.44. The van der Waals surface area contributed by atoms with E-state index < -0.39 is 12.1 Å². The lowest BCUT2D eigenvalue weighted by molar-refractivity contribution is 0.0675. The maximum absolute atomic E-state index is 11.2. The lowest BCUT2D eigenvalue weighted by Gasteiger charge is -2.00. The third-order valence-corrected chi connectivity index (χ3v) is 1.99. The van der Waals surface area contributed by atoms with E-state index in [9.17, 15) is 9.59 Å². The van der Waals surface area contributed by atoms with Gasteiger partial charge in [-0.3, -0.25) is 0 Å². The first kappa shape index (κ1) is 8.55. The number of carbonyl (C=O) groups is 2. The summed E-state index contributed by atoms with van der Waals surface area (Å²) >= 11 is 0. The largest absolute Gasteiger partial charge is 0.494 e. The van der Waals surface area contributed by atoms with Gasteiger partial charge in [0.1, 0.15) is 11.4 Å². The molecule has 14 heavy (non-hydrogen) atoms. The van der Waals surface area contributed by atoms with Crippen LogP contribution in [0.15, 0.2) is 12.6 Å². The van der Waals surface area contributed by atoms with Gasteiger partial charge >= 0.3 is 12.1 Å². The first-order valence-electron chi connectivity index (χ1n) is 3.87. The summed E-state index contributed by atoms with van der Waals surface area (Å²) in [6.45, 7) is 3.53. The van der Waals surface area contributed by atoms with Crippen LogP contribution in [-0.4, -0.2) is 23.7 Å². The summed E-state index contributed by atoms with van der Waals surface area (Å²) in [6, 6.07) is 1.45. The molecule has 5 heteroatoms. The van der Waals surface area contributed by atoms with E-state index in [1.54, 1.807) is 0 Å². The van der Waals surface area contributed by atoms with Crippen molar-refractivity contribution in [3.05, 3.63) is 24.0 Å². The molecule has 1 aliphatic heterocycles. The summed E-state index contributed by atoms with van der Waals surface area (Å²) in [4.78, 5) is 22.3. The van der Waals surface area contributed by atoms with E-state index in [0.717, 1.165) is 4.57 Å². The minimum atomic E-state index is -0.719. The molecular formula is C9H7NO4. The Hall–Kier alpha value is -2.04. The number of aromatic nitrogens is 1. The molecule has 72 valence electrons. The minimum Gasteiger partial charge on any atom is -0.494 e. The fourth-order valence-electron chi connectivity index (χ4n) is 1.38. The van der Waals surface area contributed by atoms with Crippen LogP contribution < -0.4 is 4.74 Å². The monoisotopic (exact) mass is 193 g/mol. The molecule has 0 aliphatic carbocycles. The summed E-state index contributed by atoms with van der Waals surface area (Å²) in [7, 11) is 1.45. The fraction of sp³-hybridized carbons (Fsp3) is 0.111. The molecule has 2 heterocycles. The number of hydrogen-bond acceptors (Lipinski definition) is 4. The molecule has 1 aromatic rings. The fourth-order valence-corrected chi connectivity index (χ4v) is 1.38. The Kier molecular flexibility index (Phi) is 1.67. The van der Waals surface area contributed by atoms with Crippen molar-refractivity contribution in [1.29, 1.82) is 0 Å². The maximum Gasteiger partial charge on any atom is 0.427 e. The van der Waals surface area contributed by atoms with Gasteiger partial charge in [-0.15, -0.1) is 0 Å². The molecular weight excluding hydrogens is 186 g/mol. The van der Waals surface area contributed by atoms with Gasteiger partial charge in [0.05, 0.1) is 12.8 Å². The molecule has 0 saturated heterocycles. The van der Waals surface area contributed by atoms with E-state index in [2.05, 4.69) is 11.3 Å². The second-order valence-electron chi connectivity index (χ2n) is 2.68. The van der Waals surface area contributed by atoms with Crippen LogP contribution in [0.4, 0.5) is 4.79 Å². The van der Waals surface area contributed by atoms with Crippen molar-refractivity contribution >= 4 is 18.1 Å². The highest BCUT2D eigenvalue weighted by molar-refractivity contribution is 6.05. The van der Waals surface area contributed by atoms with E-state index in [-0.39, 0.29) is 5.69 Å². The van der Waals surface area contributed by atoms with Crippen molar-refractivity contribution in [3.63, 3.8) is 0 Å². The lowest BCUT2D eigenvalue weighted by atomic mass is 10.4. The molecule has 0 radical (unpaired) electrons. The van der Waals surface area contributed by atoms with Crippen molar-refractivity contribution in [2.24, 2.45) is 0 Å². The number of fused-ring (bicyclic) bond motifs is 1. The average Bonchev–Trinajstić information content (AvgIpc) is 2.66. The van der Waals surface area contributed by atoms with E-state index in [4.69, 9.17) is 4.74 Å². The van der Waals surface area contributed by atoms with Crippen LogP contribution in [-0.2, 0) is 4.74 Å². The topological polar surface area (TPSA) is 57.5 Å². The quantitative estimate of drug-likeness (QED) is 0.524. The van der Waals surface area contributed by atoms with Gasteiger partial charge in [0.15, 0.2) is 0 Å². The molecule has 0 fully saturated rings. The Labute approximate surface area is 79.5 Å². The molecule has 0 N–H and O–H groups in total. The number of ether oxygens (including phenoxy) is 2. The Morgan fingerprint density at radius 1 is 1.57 bits per heavy atom. The van der Waals surface area contributed by atoms with Crippen LogP contribution in [0, 0.1) is 0 Å². The molecule has 1 aromatic heterocycles. The van der Waals surface area contributed by atoms with Crippen LogP contribution >= 0.6 is 0 Å². The van der Waals surface area contributed by atoms with Gasteiger partial charge in [0, 0.05) is 6.07 Å². The number of nitrogens with zero attached hydrogens (tertiary/aromatic N) is 1. The highest BCUT2D eigenvalue weighted by Crippen LogP contribution is 2.28.